The highest BCUT2D eigenvalue weighted by molar-refractivity contribution is 5.10. The van der Waals surface area contributed by atoms with Crippen LogP contribution in [0.2, 0.25) is 0 Å². The predicted octanol–water partition coefficient (Wildman–Crippen LogP) is 2.20. The molecule has 1 aliphatic rings. The van der Waals surface area contributed by atoms with Crippen molar-refractivity contribution in [2.75, 3.05) is 6.54 Å². The number of aromatic amines is 1. The summed E-state index contributed by atoms with van der Waals surface area (Å²) in [6, 6.07) is 0.0339. The van der Waals surface area contributed by atoms with Gasteiger partial charge in [-0.1, -0.05) is 18.6 Å². The maximum atomic E-state index is 11.9. The number of rotatable bonds is 5. The molecule has 0 aliphatic heterocycles. The van der Waals surface area contributed by atoms with Gasteiger partial charge in [-0.25, -0.2) is 4.79 Å². The Bertz CT molecular complexity index is 655. The lowest BCUT2D eigenvalue weighted by Crippen LogP contribution is -2.35. The van der Waals surface area contributed by atoms with Crippen LogP contribution in [0.3, 0.4) is 0 Å². The summed E-state index contributed by atoms with van der Waals surface area (Å²) in [5, 5.41) is 3.38. The van der Waals surface area contributed by atoms with Crippen LogP contribution in [-0.2, 0) is 6.54 Å². The Balaban J connectivity index is 2.04. The molecule has 2 rings (SSSR count). The molecule has 0 radical (unpaired) electrons. The summed E-state index contributed by atoms with van der Waals surface area (Å²) < 4.78 is 1.56. The van der Waals surface area contributed by atoms with Crippen molar-refractivity contribution in [3.05, 3.63) is 44.2 Å². The van der Waals surface area contributed by atoms with Crippen LogP contribution in [0.5, 0.6) is 0 Å². The van der Waals surface area contributed by atoms with Crippen molar-refractivity contribution < 1.29 is 0 Å². The third kappa shape index (κ3) is 3.77. The van der Waals surface area contributed by atoms with E-state index >= 15 is 0 Å². The Hall–Kier alpha value is -1.62. The third-order valence-electron chi connectivity index (χ3n) is 4.64. The predicted molar refractivity (Wildman–Crippen MR) is 89.1 cm³/mol. The van der Waals surface area contributed by atoms with E-state index in [1.165, 1.54) is 18.4 Å². The molecule has 2 N–H and O–H groups in total. The number of hydrogen-bond donors (Lipinski definition) is 2. The lowest BCUT2D eigenvalue weighted by Gasteiger charge is -2.29. The number of allylic oxidation sites excluding steroid dienone is 1. The van der Waals surface area contributed by atoms with Gasteiger partial charge in [0.25, 0.3) is 5.56 Å². The molecule has 0 amide bonds. The largest absolute Gasteiger partial charge is 0.328 e. The van der Waals surface area contributed by atoms with Crippen LogP contribution in [0.25, 0.3) is 0 Å². The number of aromatic nitrogens is 2. The van der Waals surface area contributed by atoms with Gasteiger partial charge in [0.2, 0.25) is 0 Å². The van der Waals surface area contributed by atoms with Gasteiger partial charge in [0.1, 0.15) is 0 Å². The number of hydrogen-bond acceptors (Lipinski definition) is 3. The van der Waals surface area contributed by atoms with Crippen molar-refractivity contribution in [2.24, 2.45) is 11.8 Å². The second kappa shape index (κ2) is 7.09. The number of H-pyrrole nitrogens is 1. The monoisotopic (exact) mass is 305 g/mol. The Kier molecular flexibility index (Phi) is 5.40. The molecule has 5 nitrogen and oxygen atoms in total. The van der Waals surface area contributed by atoms with Crippen LogP contribution >= 0.6 is 0 Å². The van der Waals surface area contributed by atoms with Crippen LogP contribution in [0, 0.1) is 11.8 Å². The fourth-order valence-electron chi connectivity index (χ4n) is 3.14. The van der Waals surface area contributed by atoms with E-state index in [1.54, 1.807) is 10.8 Å². The maximum Gasteiger partial charge on any atom is 0.328 e. The molecule has 5 heteroatoms. The van der Waals surface area contributed by atoms with Crippen LogP contribution in [0.4, 0.5) is 0 Å². The molecule has 2 atom stereocenters. The van der Waals surface area contributed by atoms with E-state index in [1.807, 2.05) is 13.8 Å². The molecule has 0 spiro atoms. The van der Waals surface area contributed by atoms with Gasteiger partial charge in [-0.3, -0.25) is 14.3 Å². The molecule has 1 aromatic heterocycles. The molecule has 1 heterocycles. The standard InChI is InChI=1S/C17H27N3O2/c1-11(2)20-10-14(16(21)19-17(20)22)8-18-9-15-12(3)6-5-7-13(15)4/h6,10-11,13,15,18H,5,7-9H2,1-4H3,(H,19,21,22). The van der Waals surface area contributed by atoms with Gasteiger partial charge in [-0.05, 0) is 45.4 Å². The first kappa shape index (κ1) is 16.7. The summed E-state index contributed by atoms with van der Waals surface area (Å²) in [7, 11) is 0. The minimum Gasteiger partial charge on any atom is -0.312 e. The van der Waals surface area contributed by atoms with Crippen LogP contribution in [0.15, 0.2) is 27.4 Å². The molecule has 2 unspecified atom stereocenters. The second-order valence-electron chi connectivity index (χ2n) is 6.65. The van der Waals surface area contributed by atoms with Gasteiger partial charge < -0.3 is 5.32 Å². The van der Waals surface area contributed by atoms with Gasteiger partial charge in [0.15, 0.2) is 0 Å². The highest BCUT2D eigenvalue weighted by Gasteiger charge is 2.21. The molecule has 1 aliphatic carbocycles. The topological polar surface area (TPSA) is 66.9 Å². The lowest BCUT2D eigenvalue weighted by atomic mass is 9.80. The average molecular weight is 305 g/mol. The molecule has 0 saturated carbocycles. The van der Waals surface area contributed by atoms with E-state index in [-0.39, 0.29) is 17.3 Å². The Morgan fingerprint density at radius 1 is 1.41 bits per heavy atom. The zero-order valence-electron chi connectivity index (χ0n) is 14.0. The van der Waals surface area contributed by atoms with E-state index in [0.29, 0.717) is 23.9 Å². The first-order valence-corrected chi connectivity index (χ1v) is 8.12. The Morgan fingerprint density at radius 3 is 2.77 bits per heavy atom. The van der Waals surface area contributed by atoms with E-state index in [4.69, 9.17) is 0 Å². The third-order valence-corrected chi connectivity index (χ3v) is 4.64. The summed E-state index contributed by atoms with van der Waals surface area (Å²) in [4.78, 5) is 26.0. The highest BCUT2D eigenvalue weighted by atomic mass is 16.2. The van der Waals surface area contributed by atoms with Crippen molar-refractivity contribution in [1.82, 2.24) is 14.9 Å². The van der Waals surface area contributed by atoms with Crippen molar-refractivity contribution in [3.63, 3.8) is 0 Å². The fourth-order valence-corrected chi connectivity index (χ4v) is 3.14. The lowest BCUT2D eigenvalue weighted by molar-refractivity contribution is 0.349. The van der Waals surface area contributed by atoms with E-state index in [9.17, 15) is 9.59 Å². The van der Waals surface area contributed by atoms with Gasteiger partial charge in [0, 0.05) is 30.9 Å². The number of nitrogens with one attached hydrogen (secondary N) is 2. The molecule has 0 aromatic carbocycles. The van der Waals surface area contributed by atoms with Crippen LogP contribution in [0.1, 0.15) is 52.1 Å². The second-order valence-corrected chi connectivity index (χ2v) is 6.65. The van der Waals surface area contributed by atoms with Crippen LogP contribution < -0.4 is 16.6 Å². The molecular formula is C17H27N3O2. The summed E-state index contributed by atoms with van der Waals surface area (Å²) in [5.74, 6) is 1.20. The average Bonchev–Trinajstić information content (AvgIpc) is 2.43. The molecule has 122 valence electrons. The molecule has 0 saturated heterocycles. The van der Waals surface area contributed by atoms with Crippen molar-refractivity contribution in [2.45, 2.75) is 53.1 Å². The number of nitrogens with zero attached hydrogens (tertiary/aromatic N) is 1. The van der Waals surface area contributed by atoms with E-state index in [2.05, 4.69) is 30.2 Å². The van der Waals surface area contributed by atoms with Gasteiger partial charge in [-0.15, -0.1) is 0 Å². The van der Waals surface area contributed by atoms with Crippen molar-refractivity contribution in [1.29, 1.82) is 0 Å². The van der Waals surface area contributed by atoms with E-state index < -0.39 is 0 Å². The maximum absolute atomic E-state index is 11.9. The first-order valence-electron chi connectivity index (χ1n) is 8.12. The molecule has 0 bridgehead atoms. The first-order chi connectivity index (χ1) is 10.4. The quantitative estimate of drug-likeness (QED) is 0.820. The Morgan fingerprint density at radius 2 is 2.14 bits per heavy atom. The van der Waals surface area contributed by atoms with Gasteiger partial charge >= 0.3 is 5.69 Å². The molecule has 1 aromatic rings. The zero-order valence-corrected chi connectivity index (χ0v) is 14.0. The SMILES string of the molecule is CC1=CCCC(C)C1CNCc1cn(C(C)C)c(=O)[nH]c1=O. The highest BCUT2D eigenvalue weighted by Crippen LogP contribution is 2.29. The minimum atomic E-state index is -0.344. The fraction of sp³-hybridized carbons (Fsp3) is 0.647. The molecule has 0 fully saturated rings. The van der Waals surface area contributed by atoms with Gasteiger partial charge in [-0.2, -0.15) is 0 Å². The zero-order chi connectivity index (χ0) is 16.3. The molecule has 22 heavy (non-hydrogen) atoms. The smallest absolute Gasteiger partial charge is 0.312 e. The Labute approximate surface area is 131 Å². The van der Waals surface area contributed by atoms with Crippen molar-refractivity contribution in [3.8, 4) is 0 Å². The van der Waals surface area contributed by atoms with Crippen LogP contribution in [-0.4, -0.2) is 16.1 Å². The van der Waals surface area contributed by atoms with Crippen molar-refractivity contribution >= 4 is 0 Å². The van der Waals surface area contributed by atoms with E-state index in [0.717, 1.165) is 6.54 Å². The van der Waals surface area contributed by atoms with Gasteiger partial charge in [0.05, 0.1) is 0 Å². The summed E-state index contributed by atoms with van der Waals surface area (Å²) >= 11 is 0. The minimum absolute atomic E-state index is 0.0339. The normalized spacial score (nSPS) is 22.0. The summed E-state index contributed by atoms with van der Waals surface area (Å²) in [6.07, 6.45) is 6.38. The molecular weight excluding hydrogens is 278 g/mol. The summed E-state index contributed by atoms with van der Waals surface area (Å²) in [5.41, 5.74) is 1.41. The summed E-state index contributed by atoms with van der Waals surface area (Å²) in [6.45, 7) is 9.68.